The number of nitrogen functional groups attached to an aromatic ring is 1. The number of anilines is 2. The number of fused-ring (bicyclic) bond motifs is 1. The molecule has 4 rings (SSSR count). The van der Waals surface area contributed by atoms with Crippen molar-refractivity contribution in [1.29, 1.82) is 0 Å². The lowest BCUT2D eigenvalue weighted by molar-refractivity contribution is -0.117. The van der Waals surface area contributed by atoms with Crippen molar-refractivity contribution in [3.05, 3.63) is 47.4 Å². The number of amides is 1. The summed E-state index contributed by atoms with van der Waals surface area (Å²) in [5.74, 6) is 1.74. The second-order valence-electron chi connectivity index (χ2n) is 8.17. The molecule has 0 unspecified atom stereocenters. The Morgan fingerprint density at radius 1 is 1.17 bits per heavy atom. The number of rotatable bonds is 1. The second kappa shape index (κ2) is 9.35. The van der Waals surface area contributed by atoms with Crippen LogP contribution in [-0.2, 0) is 16.0 Å². The van der Waals surface area contributed by atoms with E-state index in [0.29, 0.717) is 17.7 Å². The average molecular weight is 397 g/mol. The van der Waals surface area contributed by atoms with Crippen molar-refractivity contribution in [2.24, 2.45) is 5.92 Å². The summed E-state index contributed by atoms with van der Waals surface area (Å²) in [6, 6.07) is 6.99. The largest absolute Gasteiger partial charge is 0.382 e. The molecule has 2 aliphatic heterocycles. The number of benzene rings is 1. The number of nitrogens with zero attached hydrogens (tertiary/aromatic N) is 3. The lowest BCUT2D eigenvalue weighted by atomic mass is 9.84. The minimum Gasteiger partial charge on any atom is -0.382 e. The summed E-state index contributed by atoms with van der Waals surface area (Å²) in [5.41, 5.74) is 10.0. The molecule has 0 spiro atoms. The molecule has 2 aromatic rings. The first-order valence-electron chi connectivity index (χ1n) is 10.4. The van der Waals surface area contributed by atoms with Crippen LogP contribution in [0.1, 0.15) is 56.4 Å². The third kappa shape index (κ3) is 5.12. The molecule has 29 heavy (non-hydrogen) atoms. The fraction of sp³-hybridized carbons (Fsp3) is 0.522. The van der Waals surface area contributed by atoms with Crippen LogP contribution in [0.15, 0.2) is 30.6 Å². The van der Waals surface area contributed by atoms with Gasteiger partial charge in [-0.25, -0.2) is 4.98 Å². The molecule has 156 valence electrons. The number of carbonyl (C=O) groups is 1. The zero-order valence-corrected chi connectivity index (χ0v) is 17.9. The van der Waals surface area contributed by atoms with Crippen molar-refractivity contribution in [3.63, 3.8) is 0 Å². The van der Waals surface area contributed by atoms with Gasteiger partial charge >= 0.3 is 0 Å². The summed E-state index contributed by atoms with van der Waals surface area (Å²) in [5, 5.41) is 0. The zero-order chi connectivity index (χ0) is 21.0. The number of aromatic nitrogens is 2. The fourth-order valence-corrected chi connectivity index (χ4v) is 4.14. The van der Waals surface area contributed by atoms with Crippen LogP contribution in [-0.4, -0.2) is 35.1 Å². The van der Waals surface area contributed by atoms with Gasteiger partial charge in [0.25, 0.3) is 0 Å². The van der Waals surface area contributed by atoms with E-state index in [4.69, 9.17) is 10.5 Å². The van der Waals surface area contributed by atoms with Gasteiger partial charge in [-0.2, -0.15) is 0 Å². The van der Waals surface area contributed by atoms with E-state index in [1.807, 2.05) is 11.8 Å². The van der Waals surface area contributed by atoms with Crippen LogP contribution in [0.5, 0.6) is 0 Å². The Balaban J connectivity index is 0.000000252. The minimum absolute atomic E-state index is 0.147. The van der Waals surface area contributed by atoms with Crippen LogP contribution in [0.3, 0.4) is 0 Å². The summed E-state index contributed by atoms with van der Waals surface area (Å²) in [4.78, 5) is 21.7. The molecular weight excluding hydrogens is 364 g/mol. The molecule has 1 saturated heterocycles. The van der Waals surface area contributed by atoms with Gasteiger partial charge in [0, 0.05) is 31.9 Å². The van der Waals surface area contributed by atoms with Gasteiger partial charge in [0.2, 0.25) is 5.91 Å². The fourth-order valence-electron chi connectivity index (χ4n) is 4.14. The third-order valence-electron chi connectivity index (χ3n) is 5.97. The number of hydrogen-bond donors (Lipinski definition) is 1. The first kappa shape index (κ1) is 21.2. The predicted molar refractivity (Wildman–Crippen MR) is 116 cm³/mol. The summed E-state index contributed by atoms with van der Waals surface area (Å²) in [7, 11) is 0. The smallest absolute Gasteiger partial charge is 0.224 e. The number of carbonyl (C=O) groups excluding carboxylic acids is 1. The standard InChI is InChI=1S/C18H25NO2.C5H7N3/c1-12-10-17-11-16(15-6-8-21-9-7-15)4-5-18(17)19(13(12)2)14(3)20;1-4-2-8-5(6)3-7-4/h4-5,11-13,15H,6-10H2,1-3H3;2-3H,1H3,(H2,6,8)/t12-,13+;/m1./s1. The van der Waals surface area contributed by atoms with Gasteiger partial charge < -0.3 is 15.4 Å². The topological polar surface area (TPSA) is 81.3 Å². The van der Waals surface area contributed by atoms with Crippen molar-refractivity contribution >= 4 is 17.4 Å². The van der Waals surface area contributed by atoms with E-state index in [-0.39, 0.29) is 11.9 Å². The molecule has 3 heterocycles. The highest BCUT2D eigenvalue weighted by atomic mass is 16.5. The van der Waals surface area contributed by atoms with Crippen molar-refractivity contribution < 1.29 is 9.53 Å². The molecular formula is C23H32N4O2. The van der Waals surface area contributed by atoms with Crippen LogP contribution in [0, 0.1) is 12.8 Å². The molecule has 0 bridgehead atoms. The summed E-state index contributed by atoms with van der Waals surface area (Å²) in [6.07, 6.45) is 6.46. The lowest BCUT2D eigenvalue weighted by Crippen LogP contribution is -2.45. The van der Waals surface area contributed by atoms with Crippen molar-refractivity contribution in [3.8, 4) is 0 Å². The highest BCUT2D eigenvalue weighted by Gasteiger charge is 2.31. The van der Waals surface area contributed by atoms with E-state index in [9.17, 15) is 4.79 Å². The monoisotopic (exact) mass is 396 g/mol. The first-order valence-corrected chi connectivity index (χ1v) is 10.4. The van der Waals surface area contributed by atoms with Crippen LogP contribution < -0.4 is 10.6 Å². The highest BCUT2D eigenvalue weighted by molar-refractivity contribution is 5.93. The quantitative estimate of drug-likeness (QED) is 0.791. The Labute approximate surface area is 173 Å². The Bertz CT molecular complexity index is 810. The van der Waals surface area contributed by atoms with Gasteiger partial charge in [0.05, 0.1) is 18.1 Å². The number of ether oxygens (including phenoxy) is 1. The maximum Gasteiger partial charge on any atom is 0.224 e. The van der Waals surface area contributed by atoms with E-state index in [1.165, 1.54) is 17.3 Å². The molecule has 2 N–H and O–H groups in total. The summed E-state index contributed by atoms with van der Waals surface area (Å²) < 4.78 is 5.46. The molecule has 6 heteroatoms. The first-order chi connectivity index (χ1) is 13.9. The lowest BCUT2D eigenvalue weighted by Gasteiger charge is -2.39. The molecule has 1 fully saturated rings. The van der Waals surface area contributed by atoms with Crippen molar-refractivity contribution in [2.45, 2.75) is 58.9 Å². The van der Waals surface area contributed by atoms with E-state index < -0.39 is 0 Å². The number of hydrogen-bond acceptors (Lipinski definition) is 5. The van der Waals surface area contributed by atoms with E-state index >= 15 is 0 Å². The average Bonchev–Trinajstić information content (AvgIpc) is 2.71. The summed E-state index contributed by atoms with van der Waals surface area (Å²) >= 11 is 0. The Kier molecular flexibility index (Phi) is 6.85. The highest BCUT2D eigenvalue weighted by Crippen LogP contribution is 2.37. The molecule has 2 atom stereocenters. The van der Waals surface area contributed by atoms with E-state index in [1.54, 1.807) is 13.1 Å². The normalized spacial score (nSPS) is 21.7. The maximum absolute atomic E-state index is 12.0. The minimum atomic E-state index is 0.147. The number of nitrogens with two attached hydrogens (primary N) is 1. The Morgan fingerprint density at radius 3 is 2.48 bits per heavy atom. The van der Waals surface area contributed by atoms with Gasteiger partial charge in [-0.3, -0.25) is 9.78 Å². The molecule has 1 aromatic carbocycles. The van der Waals surface area contributed by atoms with Gasteiger partial charge in [-0.15, -0.1) is 0 Å². The summed E-state index contributed by atoms with van der Waals surface area (Å²) in [6.45, 7) is 9.67. The Morgan fingerprint density at radius 2 is 1.90 bits per heavy atom. The Hall–Kier alpha value is -2.47. The van der Waals surface area contributed by atoms with Gasteiger partial charge in [-0.05, 0) is 62.1 Å². The molecule has 0 aliphatic carbocycles. The molecule has 1 amide bonds. The zero-order valence-electron chi connectivity index (χ0n) is 17.9. The molecule has 2 aliphatic rings. The predicted octanol–water partition coefficient (Wildman–Crippen LogP) is 3.88. The van der Waals surface area contributed by atoms with Gasteiger partial charge in [-0.1, -0.05) is 19.1 Å². The van der Waals surface area contributed by atoms with E-state index in [0.717, 1.165) is 43.9 Å². The van der Waals surface area contributed by atoms with Crippen molar-refractivity contribution in [1.82, 2.24) is 9.97 Å². The van der Waals surface area contributed by atoms with Crippen LogP contribution in [0.25, 0.3) is 0 Å². The van der Waals surface area contributed by atoms with Gasteiger partial charge in [0.15, 0.2) is 0 Å². The van der Waals surface area contributed by atoms with Crippen LogP contribution in [0.2, 0.25) is 0 Å². The maximum atomic E-state index is 12.0. The second-order valence-corrected chi connectivity index (χ2v) is 8.17. The van der Waals surface area contributed by atoms with Crippen LogP contribution in [0.4, 0.5) is 11.5 Å². The van der Waals surface area contributed by atoms with Crippen molar-refractivity contribution in [2.75, 3.05) is 23.8 Å². The SMILES string of the molecule is CC(=O)N1c2ccc(C3CCOCC3)cc2C[C@@H](C)[C@@H]1C.Cc1cnc(N)cn1. The third-order valence-corrected chi connectivity index (χ3v) is 5.97. The molecule has 0 saturated carbocycles. The molecule has 0 radical (unpaired) electrons. The van der Waals surface area contributed by atoms with Crippen LogP contribution >= 0.6 is 0 Å². The van der Waals surface area contributed by atoms with E-state index in [2.05, 4.69) is 42.0 Å². The molecule has 6 nitrogen and oxygen atoms in total. The number of aryl methyl sites for hydroxylation is 1. The molecule has 1 aromatic heterocycles. The van der Waals surface area contributed by atoms with Gasteiger partial charge in [0.1, 0.15) is 5.82 Å².